The Labute approximate surface area is 119 Å². The molecule has 0 aliphatic carbocycles. The number of hydrogen-bond acceptors (Lipinski definition) is 2. The number of hydrogen-bond donors (Lipinski definition) is 1. The van der Waals surface area contributed by atoms with Crippen LogP contribution in [0.3, 0.4) is 0 Å². The van der Waals surface area contributed by atoms with E-state index < -0.39 is 0 Å². The number of likely N-dealkylation sites (N-methyl/N-ethyl adjacent to an activating group) is 1. The van der Waals surface area contributed by atoms with Gasteiger partial charge in [-0.2, -0.15) is 0 Å². The second-order valence-electron chi connectivity index (χ2n) is 4.81. The summed E-state index contributed by atoms with van der Waals surface area (Å²) in [7, 11) is 2.00. The topological polar surface area (TPSA) is 21.3 Å². The molecule has 0 saturated carbocycles. The molecule has 1 aromatic rings. The summed E-state index contributed by atoms with van der Waals surface area (Å²) in [6.45, 7) is 0.911. The highest BCUT2D eigenvalue weighted by Crippen LogP contribution is 2.24. The van der Waals surface area contributed by atoms with Crippen molar-refractivity contribution in [2.24, 2.45) is 0 Å². The third-order valence-corrected chi connectivity index (χ3v) is 4.18. The highest BCUT2D eigenvalue weighted by molar-refractivity contribution is 6.42. The molecule has 1 aliphatic heterocycles. The van der Waals surface area contributed by atoms with Crippen molar-refractivity contribution < 1.29 is 4.74 Å². The maximum absolute atomic E-state index is 6.03. The van der Waals surface area contributed by atoms with Crippen molar-refractivity contribution in [3.05, 3.63) is 33.8 Å². The largest absolute Gasteiger partial charge is 0.378 e. The molecule has 1 fully saturated rings. The molecule has 2 atom stereocenters. The van der Waals surface area contributed by atoms with E-state index in [0.29, 0.717) is 22.2 Å². The Morgan fingerprint density at radius 2 is 2.22 bits per heavy atom. The van der Waals surface area contributed by atoms with Gasteiger partial charge in [0.05, 0.1) is 16.1 Å². The number of rotatable bonds is 5. The Hall–Kier alpha value is -0.280. The van der Waals surface area contributed by atoms with Gasteiger partial charge in [-0.15, -0.1) is 0 Å². The zero-order valence-corrected chi connectivity index (χ0v) is 12.1. The molecular formula is C14H19Cl2NO. The van der Waals surface area contributed by atoms with Gasteiger partial charge in [0.1, 0.15) is 0 Å². The van der Waals surface area contributed by atoms with Gasteiger partial charge in [0.25, 0.3) is 0 Å². The molecule has 2 rings (SSSR count). The lowest BCUT2D eigenvalue weighted by Crippen LogP contribution is -2.31. The van der Waals surface area contributed by atoms with Crippen LogP contribution >= 0.6 is 23.2 Å². The van der Waals surface area contributed by atoms with Crippen LogP contribution in [0.25, 0.3) is 0 Å². The van der Waals surface area contributed by atoms with Crippen molar-refractivity contribution in [1.29, 1.82) is 0 Å². The minimum absolute atomic E-state index is 0.408. The average molecular weight is 288 g/mol. The molecule has 1 saturated heterocycles. The second-order valence-corrected chi connectivity index (χ2v) is 5.62. The second kappa shape index (κ2) is 6.76. The van der Waals surface area contributed by atoms with Gasteiger partial charge in [-0.1, -0.05) is 29.3 Å². The van der Waals surface area contributed by atoms with Crippen LogP contribution < -0.4 is 5.32 Å². The summed E-state index contributed by atoms with van der Waals surface area (Å²) >= 11 is 12.0. The normalized spacial score (nSPS) is 21.2. The summed E-state index contributed by atoms with van der Waals surface area (Å²) < 4.78 is 5.68. The van der Waals surface area contributed by atoms with Crippen LogP contribution in [0, 0.1) is 0 Å². The smallest absolute Gasteiger partial charge is 0.0595 e. The molecule has 0 radical (unpaired) electrons. The van der Waals surface area contributed by atoms with Crippen LogP contribution in [-0.4, -0.2) is 25.8 Å². The predicted octanol–water partition coefficient (Wildman–Crippen LogP) is 3.69. The van der Waals surface area contributed by atoms with Crippen LogP contribution in [0.2, 0.25) is 10.0 Å². The van der Waals surface area contributed by atoms with Gasteiger partial charge >= 0.3 is 0 Å². The minimum Gasteiger partial charge on any atom is -0.378 e. The summed E-state index contributed by atoms with van der Waals surface area (Å²) in [5.74, 6) is 0. The molecular weight excluding hydrogens is 269 g/mol. The van der Waals surface area contributed by atoms with Crippen LogP contribution in [0.4, 0.5) is 0 Å². The quantitative estimate of drug-likeness (QED) is 0.892. The fourth-order valence-electron chi connectivity index (χ4n) is 2.40. The summed E-state index contributed by atoms with van der Waals surface area (Å²) in [6.07, 6.45) is 4.78. The highest BCUT2D eigenvalue weighted by atomic mass is 35.5. The Morgan fingerprint density at radius 3 is 2.83 bits per heavy atom. The zero-order valence-electron chi connectivity index (χ0n) is 10.6. The fourth-order valence-corrected chi connectivity index (χ4v) is 2.72. The molecule has 0 aromatic heterocycles. The van der Waals surface area contributed by atoms with Gasteiger partial charge < -0.3 is 10.1 Å². The monoisotopic (exact) mass is 287 g/mol. The molecule has 100 valence electrons. The van der Waals surface area contributed by atoms with Crippen molar-refractivity contribution >= 4 is 23.2 Å². The lowest BCUT2D eigenvalue weighted by Gasteiger charge is -2.20. The van der Waals surface area contributed by atoms with Crippen LogP contribution in [0.5, 0.6) is 0 Å². The summed E-state index contributed by atoms with van der Waals surface area (Å²) in [5, 5.41) is 4.59. The first-order chi connectivity index (χ1) is 8.69. The van der Waals surface area contributed by atoms with E-state index in [-0.39, 0.29) is 0 Å². The lowest BCUT2D eigenvalue weighted by molar-refractivity contribution is 0.0954. The van der Waals surface area contributed by atoms with Crippen LogP contribution in [0.1, 0.15) is 24.8 Å². The first-order valence-corrected chi connectivity index (χ1v) is 7.17. The van der Waals surface area contributed by atoms with Gasteiger partial charge in [0, 0.05) is 12.6 Å². The van der Waals surface area contributed by atoms with E-state index in [1.54, 1.807) is 0 Å². The lowest BCUT2D eigenvalue weighted by atomic mass is 9.99. The Kier molecular flexibility index (Phi) is 5.31. The van der Waals surface area contributed by atoms with Crippen molar-refractivity contribution in [3.63, 3.8) is 0 Å². The van der Waals surface area contributed by atoms with E-state index in [1.165, 1.54) is 18.4 Å². The van der Waals surface area contributed by atoms with Crippen molar-refractivity contribution in [3.8, 4) is 0 Å². The van der Waals surface area contributed by atoms with E-state index in [2.05, 4.69) is 5.32 Å². The molecule has 1 heterocycles. The molecule has 0 amide bonds. The average Bonchev–Trinajstić information content (AvgIpc) is 2.86. The third kappa shape index (κ3) is 3.86. The molecule has 4 heteroatoms. The van der Waals surface area contributed by atoms with E-state index in [0.717, 1.165) is 19.4 Å². The van der Waals surface area contributed by atoms with E-state index in [1.807, 2.05) is 25.2 Å². The van der Waals surface area contributed by atoms with Crippen molar-refractivity contribution in [2.45, 2.75) is 37.8 Å². The standard InChI is InChI=1S/C14H19Cl2NO/c1-17-11(9-12-3-2-6-18-12)7-10-4-5-13(15)14(16)8-10/h4-5,8,11-12,17H,2-3,6-7,9H2,1H3. The van der Waals surface area contributed by atoms with Gasteiger partial charge in [0.2, 0.25) is 0 Å². The number of halogens is 2. The highest BCUT2D eigenvalue weighted by Gasteiger charge is 2.20. The summed E-state index contributed by atoms with van der Waals surface area (Å²) in [6, 6.07) is 6.26. The maximum Gasteiger partial charge on any atom is 0.0595 e. The summed E-state index contributed by atoms with van der Waals surface area (Å²) in [4.78, 5) is 0. The van der Waals surface area contributed by atoms with Crippen molar-refractivity contribution in [1.82, 2.24) is 5.32 Å². The molecule has 2 nitrogen and oxygen atoms in total. The molecule has 1 aromatic carbocycles. The van der Waals surface area contributed by atoms with Crippen LogP contribution in [-0.2, 0) is 11.2 Å². The van der Waals surface area contributed by atoms with E-state index in [9.17, 15) is 0 Å². The maximum atomic E-state index is 6.03. The molecule has 18 heavy (non-hydrogen) atoms. The molecule has 1 aliphatic rings. The van der Waals surface area contributed by atoms with E-state index in [4.69, 9.17) is 27.9 Å². The fraction of sp³-hybridized carbons (Fsp3) is 0.571. The molecule has 1 N–H and O–H groups in total. The van der Waals surface area contributed by atoms with Crippen LogP contribution in [0.15, 0.2) is 18.2 Å². The summed E-state index contributed by atoms with van der Waals surface area (Å²) in [5.41, 5.74) is 1.21. The van der Waals surface area contributed by atoms with Gasteiger partial charge in [-0.3, -0.25) is 0 Å². The van der Waals surface area contributed by atoms with E-state index >= 15 is 0 Å². The minimum atomic E-state index is 0.408. The number of benzene rings is 1. The third-order valence-electron chi connectivity index (χ3n) is 3.45. The Bertz CT molecular complexity index is 391. The van der Waals surface area contributed by atoms with Gasteiger partial charge in [-0.25, -0.2) is 0 Å². The first-order valence-electron chi connectivity index (χ1n) is 6.42. The number of nitrogens with one attached hydrogen (secondary N) is 1. The number of ether oxygens (including phenoxy) is 1. The first kappa shape index (κ1) is 14.1. The van der Waals surface area contributed by atoms with Crippen molar-refractivity contribution in [2.75, 3.05) is 13.7 Å². The SMILES string of the molecule is CNC(Cc1ccc(Cl)c(Cl)c1)CC1CCCO1. The Balaban J connectivity index is 1.94. The van der Waals surface area contributed by atoms with Gasteiger partial charge in [-0.05, 0) is 50.4 Å². The predicted molar refractivity (Wildman–Crippen MR) is 76.6 cm³/mol. The molecule has 0 bridgehead atoms. The zero-order chi connectivity index (χ0) is 13.0. The molecule has 0 spiro atoms. The van der Waals surface area contributed by atoms with Gasteiger partial charge in [0.15, 0.2) is 0 Å². The molecule has 2 unspecified atom stereocenters. The Morgan fingerprint density at radius 1 is 1.39 bits per heavy atom.